The fourth-order valence-corrected chi connectivity index (χ4v) is 5.75. The van der Waals surface area contributed by atoms with E-state index in [1.54, 1.807) is 12.7 Å². The summed E-state index contributed by atoms with van der Waals surface area (Å²) in [7, 11) is 1.74. The highest BCUT2D eigenvalue weighted by Gasteiger charge is 2.22. The van der Waals surface area contributed by atoms with E-state index in [4.69, 9.17) is 9.47 Å². The van der Waals surface area contributed by atoms with E-state index in [9.17, 15) is 0 Å². The number of piperazine rings is 1. The molecule has 0 spiro atoms. The number of nitrogens with zero attached hydrogens (tertiary/aromatic N) is 3. The highest BCUT2D eigenvalue weighted by atomic mass is 16.5. The fraction of sp³-hybridized carbons (Fsp3) is 0.424. The van der Waals surface area contributed by atoms with Crippen LogP contribution in [0.3, 0.4) is 0 Å². The van der Waals surface area contributed by atoms with Gasteiger partial charge in [-0.3, -0.25) is 9.88 Å². The minimum atomic E-state index is 0.509. The zero-order valence-electron chi connectivity index (χ0n) is 23.4. The molecular formula is C33H41N3O2. The Morgan fingerprint density at radius 3 is 2.45 bits per heavy atom. The van der Waals surface area contributed by atoms with Gasteiger partial charge in [-0.1, -0.05) is 37.6 Å². The first-order valence-electron chi connectivity index (χ1n) is 14.0. The first-order chi connectivity index (χ1) is 18.5. The summed E-state index contributed by atoms with van der Waals surface area (Å²) in [6, 6.07) is 17.3. The number of anilines is 1. The summed E-state index contributed by atoms with van der Waals surface area (Å²) in [5.41, 5.74) is 9.46. The van der Waals surface area contributed by atoms with Crippen LogP contribution in [0, 0.1) is 5.92 Å². The highest BCUT2D eigenvalue weighted by Crippen LogP contribution is 2.34. The van der Waals surface area contributed by atoms with Gasteiger partial charge in [0.15, 0.2) is 0 Å². The van der Waals surface area contributed by atoms with Crippen LogP contribution in [0.15, 0.2) is 66.5 Å². The van der Waals surface area contributed by atoms with E-state index < -0.39 is 0 Å². The van der Waals surface area contributed by atoms with Crippen molar-refractivity contribution in [3.05, 3.63) is 88.8 Å². The predicted octanol–water partition coefficient (Wildman–Crippen LogP) is 6.41. The van der Waals surface area contributed by atoms with Crippen molar-refractivity contribution in [2.45, 2.75) is 46.6 Å². The SMILES string of the molecule is COc1cc(CC(C)C)ccc1COc1ccc2c(c1)CCC(CN1CCN(c3ccncc3)CC1)=C2C. The van der Waals surface area contributed by atoms with E-state index >= 15 is 0 Å². The van der Waals surface area contributed by atoms with Crippen LogP contribution in [-0.2, 0) is 19.4 Å². The molecule has 200 valence electrons. The smallest absolute Gasteiger partial charge is 0.125 e. The van der Waals surface area contributed by atoms with Crippen LogP contribution in [0.25, 0.3) is 5.57 Å². The van der Waals surface area contributed by atoms with Gasteiger partial charge in [-0.25, -0.2) is 0 Å². The van der Waals surface area contributed by atoms with E-state index in [-0.39, 0.29) is 0 Å². The van der Waals surface area contributed by atoms with Gasteiger partial charge in [-0.05, 0) is 84.7 Å². The summed E-state index contributed by atoms with van der Waals surface area (Å²) >= 11 is 0. The van der Waals surface area contributed by atoms with Gasteiger partial charge in [0.1, 0.15) is 18.1 Å². The van der Waals surface area contributed by atoms with Gasteiger partial charge in [0.25, 0.3) is 0 Å². The Balaban J connectivity index is 1.20. The summed E-state index contributed by atoms with van der Waals surface area (Å²) < 4.78 is 11.9. The Kier molecular flexibility index (Phi) is 8.33. The summed E-state index contributed by atoms with van der Waals surface area (Å²) in [5.74, 6) is 2.46. The maximum Gasteiger partial charge on any atom is 0.125 e. The molecule has 0 N–H and O–H groups in total. The molecule has 3 aromatic rings. The molecule has 1 aliphatic heterocycles. The minimum absolute atomic E-state index is 0.509. The van der Waals surface area contributed by atoms with E-state index in [1.165, 1.54) is 28.0 Å². The van der Waals surface area contributed by atoms with Crippen molar-refractivity contribution >= 4 is 11.3 Å². The number of rotatable bonds is 9. The van der Waals surface area contributed by atoms with Gasteiger partial charge in [0.2, 0.25) is 0 Å². The van der Waals surface area contributed by atoms with Gasteiger partial charge in [-0.2, -0.15) is 0 Å². The lowest BCUT2D eigenvalue weighted by molar-refractivity contribution is 0.276. The molecule has 0 radical (unpaired) electrons. The molecule has 1 fully saturated rings. The molecule has 2 aromatic carbocycles. The zero-order chi connectivity index (χ0) is 26.5. The summed E-state index contributed by atoms with van der Waals surface area (Å²) in [4.78, 5) is 9.23. The van der Waals surface area contributed by atoms with E-state index in [2.05, 4.69) is 84.1 Å². The van der Waals surface area contributed by atoms with Crippen LogP contribution >= 0.6 is 0 Å². The molecule has 2 heterocycles. The van der Waals surface area contributed by atoms with Crippen molar-refractivity contribution in [1.82, 2.24) is 9.88 Å². The lowest BCUT2D eigenvalue weighted by Gasteiger charge is -2.37. The molecule has 38 heavy (non-hydrogen) atoms. The zero-order valence-corrected chi connectivity index (χ0v) is 23.4. The number of hydrogen-bond donors (Lipinski definition) is 0. The van der Waals surface area contributed by atoms with Crippen molar-refractivity contribution in [3.8, 4) is 11.5 Å². The molecular weight excluding hydrogens is 470 g/mol. The number of hydrogen-bond acceptors (Lipinski definition) is 5. The third-order valence-electron chi connectivity index (χ3n) is 7.91. The van der Waals surface area contributed by atoms with Crippen LogP contribution in [0.1, 0.15) is 49.4 Å². The second-order valence-electron chi connectivity index (χ2n) is 11.0. The van der Waals surface area contributed by atoms with Crippen molar-refractivity contribution < 1.29 is 9.47 Å². The maximum atomic E-state index is 6.24. The second kappa shape index (κ2) is 12.0. The number of allylic oxidation sites excluding steroid dienone is 1. The van der Waals surface area contributed by atoms with E-state index in [0.717, 1.165) is 69.0 Å². The Bertz CT molecular complexity index is 1260. The lowest BCUT2D eigenvalue weighted by Crippen LogP contribution is -2.47. The average Bonchev–Trinajstić information content (AvgIpc) is 2.94. The Morgan fingerprint density at radius 2 is 1.71 bits per heavy atom. The second-order valence-corrected chi connectivity index (χ2v) is 11.0. The maximum absolute atomic E-state index is 6.24. The molecule has 0 saturated carbocycles. The van der Waals surface area contributed by atoms with Crippen molar-refractivity contribution in [2.75, 3.05) is 44.7 Å². The Morgan fingerprint density at radius 1 is 0.921 bits per heavy atom. The molecule has 1 aromatic heterocycles. The largest absolute Gasteiger partial charge is 0.496 e. The van der Waals surface area contributed by atoms with Gasteiger partial charge in [-0.15, -0.1) is 0 Å². The molecule has 5 rings (SSSR count). The summed E-state index contributed by atoms with van der Waals surface area (Å²) in [6.07, 6.45) is 7.02. The lowest BCUT2D eigenvalue weighted by atomic mass is 9.86. The topological polar surface area (TPSA) is 37.8 Å². The van der Waals surface area contributed by atoms with Gasteiger partial charge in [0.05, 0.1) is 7.11 Å². The molecule has 0 atom stereocenters. The summed E-state index contributed by atoms with van der Waals surface area (Å²) in [5, 5.41) is 0. The monoisotopic (exact) mass is 511 g/mol. The normalized spacial score (nSPS) is 16.1. The standard InChI is InChI=1S/C33H41N3O2/c1-24(2)19-26-5-6-29(33(20-26)37-4)23-38-31-9-10-32-25(3)28(8-7-27(32)21-31)22-35-15-17-36(18-16-35)30-11-13-34-14-12-30/h5-6,9-14,20-21,24H,7-8,15-19,22-23H2,1-4H3. The van der Waals surface area contributed by atoms with E-state index in [1.807, 2.05) is 12.4 Å². The van der Waals surface area contributed by atoms with Crippen LogP contribution < -0.4 is 14.4 Å². The number of pyridine rings is 1. The van der Waals surface area contributed by atoms with Crippen LogP contribution in [0.4, 0.5) is 5.69 Å². The Hall–Kier alpha value is -3.31. The van der Waals surface area contributed by atoms with Crippen molar-refractivity contribution in [3.63, 3.8) is 0 Å². The van der Waals surface area contributed by atoms with Gasteiger partial charge >= 0.3 is 0 Å². The number of benzene rings is 2. The van der Waals surface area contributed by atoms with Crippen LogP contribution in [0.5, 0.6) is 11.5 Å². The fourth-order valence-electron chi connectivity index (χ4n) is 5.75. The predicted molar refractivity (Wildman–Crippen MR) is 156 cm³/mol. The third-order valence-corrected chi connectivity index (χ3v) is 7.91. The first-order valence-corrected chi connectivity index (χ1v) is 14.0. The number of aryl methyl sites for hydroxylation is 1. The molecule has 2 aliphatic rings. The molecule has 1 saturated heterocycles. The van der Waals surface area contributed by atoms with Gasteiger partial charge < -0.3 is 14.4 Å². The van der Waals surface area contributed by atoms with Crippen molar-refractivity contribution in [1.29, 1.82) is 0 Å². The van der Waals surface area contributed by atoms with Crippen LogP contribution in [0.2, 0.25) is 0 Å². The number of methoxy groups -OCH3 is 1. The molecule has 5 heteroatoms. The highest BCUT2D eigenvalue weighted by molar-refractivity contribution is 5.72. The molecule has 0 amide bonds. The third kappa shape index (κ3) is 6.21. The number of aromatic nitrogens is 1. The molecule has 1 aliphatic carbocycles. The van der Waals surface area contributed by atoms with Crippen molar-refractivity contribution in [2.24, 2.45) is 5.92 Å². The minimum Gasteiger partial charge on any atom is -0.496 e. The quantitative estimate of drug-likeness (QED) is 0.332. The summed E-state index contributed by atoms with van der Waals surface area (Å²) in [6.45, 7) is 12.7. The average molecular weight is 512 g/mol. The molecule has 5 nitrogen and oxygen atoms in total. The van der Waals surface area contributed by atoms with Crippen LogP contribution in [-0.4, -0.2) is 49.7 Å². The Labute approximate surface area is 228 Å². The first kappa shape index (κ1) is 26.3. The molecule has 0 bridgehead atoms. The number of ether oxygens (including phenoxy) is 2. The molecule has 0 unspecified atom stereocenters. The van der Waals surface area contributed by atoms with E-state index in [0.29, 0.717) is 12.5 Å². The van der Waals surface area contributed by atoms with Gasteiger partial charge in [0, 0.05) is 56.4 Å². The number of fused-ring (bicyclic) bond motifs is 1.